The highest BCUT2D eigenvalue weighted by Gasteiger charge is 2.22. The Labute approximate surface area is 128 Å². The lowest BCUT2D eigenvalue weighted by Gasteiger charge is -2.21. The zero-order valence-corrected chi connectivity index (χ0v) is 12.7. The Morgan fingerprint density at radius 3 is 2.75 bits per heavy atom. The predicted molar refractivity (Wildman–Crippen MR) is 79.2 cm³/mol. The van der Waals surface area contributed by atoms with Crippen LogP contribution >= 0.6 is 23.2 Å². The first-order valence-electron chi connectivity index (χ1n) is 6.51. The maximum Gasteiger partial charge on any atom is 0.251 e. The fourth-order valence-electron chi connectivity index (χ4n) is 2.22. The molecule has 4 nitrogen and oxygen atoms in total. The van der Waals surface area contributed by atoms with E-state index in [-0.39, 0.29) is 17.9 Å². The molecule has 0 radical (unpaired) electrons. The van der Waals surface area contributed by atoms with Crippen molar-refractivity contribution in [3.63, 3.8) is 0 Å². The smallest absolute Gasteiger partial charge is 0.251 e. The third-order valence-corrected chi connectivity index (χ3v) is 3.96. The molecule has 1 N–H and O–H groups in total. The summed E-state index contributed by atoms with van der Waals surface area (Å²) < 4.78 is 0. The van der Waals surface area contributed by atoms with E-state index in [1.54, 1.807) is 17.0 Å². The van der Waals surface area contributed by atoms with Gasteiger partial charge in [0, 0.05) is 31.1 Å². The summed E-state index contributed by atoms with van der Waals surface area (Å²) in [6.45, 7) is 3.18. The predicted octanol–water partition coefficient (Wildman–Crippen LogP) is 2.73. The Balaban J connectivity index is 1.93. The van der Waals surface area contributed by atoms with Crippen LogP contribution in [0.5, 0.6) is 0 Å². The highest BCUT2D eigenvalue weighted by Crippen LogP contribution is 2.22. The van der Waals surface area contributed by atoms with Crippen molar-refractivity contribution in [2.75, 3.05) is 13.1 Å². The van der Waals surface area contributed by atoms with Gasteiger partial charge < -0.3 is 10.2 Å². The van der Waals surface area contributed by atoms with E-state index in [9.17, 15) is 9.59 Å². The number of halogens is 2. The molecular formula is C14H16Cl2N2O2. The van der Waals surface area contributed by atoms with Crippen LogP contribution in [0.2, 0.25) is 10.0 Å². The first-order valence-corrected chi connectivity index (χ1v) is 7.26. The van der Waals surface area contributed by atoms with Crippen molar-refractivity contribution in [3.8, 4) is 0 Å². The van der Waals surface area contributed by atoms with Crippen molar-refractivity contribution >= 4 is 35.0 Å². The van der Waals surface area contributed by atoms with Gasteiger partial charge in [0.25, 0.3) is 5.91 Å². The summed E-state index contributed by atoms with van der Waals surface area (Å²) in [5, 5.41) is 3.62. The molecule has 0 aliphatic carbocycles. The van der Waals surface area contributed by atoms with Gasteiger partial charge in [0.1, 0.15) is 0 Å². The third-order valence-electron chi connectivity index (χ3n) is 3.22. The summed E-state index contributed by atoms with van der Waals surface area (Å²) in [5.74, 6) is -0.0663. The topological polar surface area (TPSA) is 49.4 Å². The van der Waals surface area contributed by atoms with E-state index >= 15 is 0 Å². The zero-order chi connectivity index (χ0) is 14.7. The highest BCUT2D eigenvalue weighted by atomic mass is 35.5. The van der Waals surface area contributed by atoms with E-state index in [0.717, 1.165) is 13.0 Å². The highest BCUT2D eigenvalue weighted by molar-refractivity contribution is 6.42. The average molecular weight is 315 g/mol. The van der Waals surface area contributed by atoms with Crippen molar-refractivity contribution in [2.45, 2.75) is 25.8 Å². The lowest BCUT2D eigenvalue weighted by Crippen LogP contribution is -2.42. The monoisotopic (exact) mass is 314 g/mol. The summed E-state index contributed by atoms with van der Waals surface area (Å²) in [6.07, 6.45) is 1.50. The molecular weight excluding hydrogens is 299 g/mol. The first-order chi connectivity index (χ1) is 9.47. The van der Waals surface area contributed by atoms with Gasteiger partial charge in [-0.1, -0.05) is 23.2 Å². The molecule has 0 aromatic heterocycles. The van der Waals surface area contributed by atoms with Crippen LogP contribution in [0.4, 0.5) is 0 Å². The van der Waals surface area contributed by atoms with Crippen molar-refractivity contribution in [3.05, 3.63) is 33.8 Å². The lowest BCUT2D eigenvalue weighted by molar-refractivity contribution is -0.127. The Bertz CT molecular complexity index is 534. The van der Waals surface area contributed by atoms with E-state index in [2.05, 4.69) is 5.32 Å². The molecule has 0 bridgehead atoms. The number of hydrogen-bond acceptors (Lipinski definition) is 2. The molecule has 0 spiro atoms. The van der Waals surface area contributed by atoms with Crippen molar-refractivity contribution in [1.29, 1.82) is 0 Å². The second kappa shape index (κ2) is 6.46. The molecule has 1 unspecified atom stereocenters. The van der Waals surface area contributed by atoms with E-state index in [0.29, 0.717) is 28.6 Å². The molecule has 1 aliphatic heterocycles. The number of carbonyl (C=O) groups excluding carboxylic acids is 2. The van der Waals surface area contributed by atoms with Crippen LogP contribution in [0.15, 0.2) is 18.2 Å². The molecule has 108 valence electrons. The SMILES string of the molecule is CC(CN1CCCC1=O)NC(=O)c1ccc(Cl)c(Cl)c1. The fourth-order valence-corrected chi connectivity index (χ4v) is 2.52. The number of carbonyl (C=O) groups is 2. The molecule has 1 aromatic rings. The molecule has 2 rings (SSSR count). The number of benzene rings is 1. The minimum absolute atomic E-state index is 0.112. The van der Waals surface area contributed by atoms with Crippen LogP contribution in [0, 0.1) is 0 Å². The number of hydrogen-bond donors (Lipinski definition) is 1. The van der Waals surface area contributed by atoms with Crippen molar-refractivity contribution in [2.24, 2.45) is 0 Å². The molecule has 20 heavy (non-hydrogen) atoms. The zero-order valence-electron chi connectivity index (χ0n) is 11.2. The molecule has 0 saturated carbocycles. The number of amides is 2. The number of likely N-dealkylation sites (tertiary alicyclic amines) is 1. The standard InChI is InChI=1S/C14H16Cl2N2O2/c1-9(8-18-6-2-3-13(18)19)17-14(20)10-4-5-11(15)12(16)7-10/h4-5,7,9H,2-3,6,8H2,1H3,(H,17,20). The number of nitrogens with zero attached hydrogens (tertiary/aromatic N) is 1. The van der Waals surface area contributed by atoms with Gasteiger partial charge in [0.05, 0.1) is 10.0 Å². The molecule has 1 heterocycles. The summed E-state index contributed by atoms with van der Waals surface area (Å²) in [6, 6.07) is 4.64. The summed E-state index contributed by atoms with van der Waals surface area (Å²) >= 11 is 11.7. The normalized spacial score (nSPS) is 16.4. The fraction of sp³-hybridized carbons (Fsp3) is 0.429. The summed E-state index contributed by atoms with van der Waals surface area (Å²) in [5.41, 5.74) is 0.457. The Morgan fingerprint density at radius 2 is 2.15 bits per heavy atom. The molecule has 1 fully saturated rings. The van der Waals surface area contributed by atoms with Crippen LogP contribution < -0.4 is 5.32 Å². The molecule has 1 aromatic carbocycles. The number of rotatable bonds is 4. The second-order valence-electron chi connectivity index (χ2n) is 4.95. The molecule has 1 saturated heterocycles. The Kier molecular flexibility index (Phi) is 4.89. The minimum Gasteiger partial charge on any atom is -0.348 e. The van der Waals surface area contributed by atoms with Crippen LogP contribution in [0.25, 0.3) is 0 Å². The molecule has 2 amide bonds. The van der Waals surface area contributed by atoms with E-state index in [4.69, 9.17) is 23.2 Å². The largest absolute Gasteiger partial charge is 0.348 e. The van der Waals surface area contributed by atoms with Crippen LogP contribution in [-0.4, -0.2) is 35.8 Å². The van der Waals surface area contributed by atoms with Gasteiger partial charge >= 0.3 is 0 Å². The molecule has 1 aliphatic rings. The van der Waals surface area contributed by atoms with E-state index < -0.39 is 0 Å². The van der Waals surface area contributed by atoms with Gasteiger partial charge in [-0.2, -0.15) is 0 Å². The molecule has 1 atom stereocenters. The summed E-state index contributed by atoms with van der Waals surface area (Å²) in [4.78, 5) is 25.4. The lowest BCUT2D eigenvalue weighted by atomic mass is 10.2. The van der Waals surface area contributed by atoms with Gasteiger partial charge in [-0.3, -0.25) is 9.59 Å². The maximum absolute atomic E-state index is 12.1. The third kappa shape index (κ3) is 3.64. The van der Waals surface area contributed by atoms with Crippen LogP contribution in [-0.2, 0) is 4.79 Å². The minimum atomic E-state index is -0.220. The van der Waals surface area contributed by atoms with E-state index in [1.807, 2.05) is 6.92 Å². The number of nitrogens with one attached hydrogen (secondary N) is 1. The van der Waals surface area contributed by atoms with Gasteiger partial charge in [0.15, 0.2) is 0 Å². The van der Waals surface area contributed by atoms with Gasteiger partial charge in [-0.05, 0) is 31.5 Å². The van der Waals surface area contributed by atoms with Crippen LogP contribution in [0.1, 0.15) is 30.1 Å². The maximum atomic E-state index is 12.1. The van der Waals surface area contributed by atoms with Crippen molar-refractivity contribution in [1.82, 2.24) is 10.2 Å². The van der Waals surface area contributed by atoms with Gasteiger partial charge in [-0.15, -0.1) is 0 Å². The first kappa shape index (κ1) is 15.1. The van der Waals surface area contributed by atoms with Gasteiger partial charge in [0.2, 0.25) is 5.91 Å². The summed E-state index contributed by atoms with van der Waals surface area (Å²) in [7, 11) is 0. The van der Waals surface area contributed by atoms with E-state index in [1.165, 1.54) is 6.07 Å². The average Bonchev–Trinajstić information content (AvgIpc) is 2.78. The molecule has 6 heteroatoms. The van der Waals surface area contributed by atoms with Crippen molar-refractivity contribution < 1.29 is 9.59 Å². The second-order valence-corrected chi connectivity index (χ2v) is 5.76. The Hall–Kier alpha value is -1.26. The Morgan fingerprint density at radius 1 is 1.40 bits per heavy atom. The van der Waals surface area contributed by atoms with Gasteiger partial charge in [-0.25, -0.2) is 0 Å². The van der Waals surface area contributed by atoms with Crippen LogP contribution in [0.3, 0.4) is 0 Å². The quantitative estimate of drug-likeness (QED) is 0.929.